The molecule has 0 fully saturated rings. The Morgan fingerprint density at radius 3 is 2.86 bits per heavy atom. The highest BCUT2D eigenvalue weighted by molar-refractivity contribution is 7.07. The molecular formula is C16H20N2O3S. The maximum Gasteiger partial charge on any atom is 0.307 e. The van der Waals surface area contributed by atoms with Gasteiger partial charge in [-0.2, -0.15) is 0 Å². The second kappa shape index (κ2) is 7.79. The number of carbonyl (C=O) groups excluding carboxylic acids is 1. The molecule has 0 saturated carbocycles. The van der Waals surface area contributed by atoms with Gasteiger partial charge in [0.15, 0.2) is 0 Å². The van der Waals surface area contributed by atoms with Crippen molar-refractivity contribution >= 4 is 17.2 Å². The Morgan fingerprint density at radius 1 is 1.36 bits per heavy atom. The van der Waals surface area contributed by atoms with Crippen LogP contribution >= 0.6 is 11.3 Å². The van der Waals surface area contributed by atoms with Crippen molar-refractivity contribution in [1.29, 1.82) is 0 Å². The maximum atomic E-state index is 11.7. The van der Waals surface area contributed by atoms with E-state index in [1.54, 1.807) is 9.95 Å². The number of aryl methyl sites for hydroxylation is 2. The van der Waals surface area contributed by atoms with Crippen molar-refractivity contribution in [3.05, 3.63) is 50.6 Å². The van der Waals surface area contributed by atoms with Crippen LogP contribution in [-0.2, 0) is 11.3 Å². The number of carbonyl (C=O) groups is 1. The quantitative estimate of drug-likeness (QED) is 0.795. The van der Waals surface area contributed by atoms with Crippen LogP contribution in [0.5, 0.6) is 5.75 Å². The molecule has 22 heavy (non-hydrogen) atoms. The molecular weight excluding hydrogens is 300 g/mol. The van der Waals surface area contributed by atoms with Gasteiger partial charge in [-0.3, -0.25) is 9.59 Å². The van der Waals surface area contributed by atoms with Crippen LogP contribution < -0.4 is 14.9 Å². The average molecular weight is 320 g/mol. The summed E-state index contributed by atoms with van der Waals surface area (Å²) in [4.78, 5) is 23.3. The Bertz CT molecular complexity index is 691. The number of aromatic nitrogens is 1. The number of thiazole rings is 1. The molecule has 0 aliphatic carbocycles. The molecule has 1 aromatic heterocycles. The minimum atomic E-state index is -0.0784. The van der Waals surface area contributed by atoms with Gasteiger partial charge < -0.3 is 14.6 Å². The third-order valence-electron chi connectivity index (χ3n) is 3.22. The van der Waals surface area contributed by atoms with Crippen molar-refractivity contribution < 1.29 is 9.53 Å². The second-order valence-electron chi connectivity index (χ2n) is 5.06. The maximum absolute atomic E-state index is 11.7. The van der Waals surface area contributed by atoms with E-state index in [0.29, 0.717) is 26.1 Å². The zero-order chi connectivity index (χ0) is 15.9. The van der Waals surface area contributed by atoms with Crippen molar-refractivity contribution in [2.24, 2.45) is 0 Å². The molecule has 0 radical (unpaired) electrons. The molecule has 2 rings (SSSR count). The lowest BCUT2D eigenvalue weighted by atomic mass is 10.2. The van der Waals surface area contributed by atoms with Crippen LogP contribution in [0.3, 0.4) is 0 Å². The molecule has 1 amide bonds. The van der Waals surface area contributed by atoms with Gasteiger partial charge in [0.2, 0.25) is 5.91 Å². The molecule has 0 spiro atoms. The van der Waals surface area contributed by atoms with Gasteiger partial charge in [-0.15, -0.1) is 0 Å². The van der Waals surface area contributed by atoms with Gasteiger partial charge in [-0.25, -0.2) is 0 Å². The summed E-state index contributed by atoms with van der Waals surface area (Å²) in [5, 5.41) is 4.59. The molecule has 1 aromatic carbocycles. The fourth-order valence-electron chi connectivity index (χ4n) is 2.04. The predicted molar refractivity (Wildman–Crippen MR) is 87.6 cm³/mol. The number of ether oxygens (including phenoxy) is 1. The van der Waals surface area contributed by atoms with E-state index in [0.717, 1.165) is 28.3 Å². The first-order valence-corrected chi connectivity index (χ1v) is 8.05. The highest BCUT2D eigenvalue weighted by Gasteiger charge is 2.06. The number of nitrogens with zero attached hydrogens (tertiary/aromatic N) is 1. The topological polar surface area (TPSA) is 60.3 Å². The van der Waals surface area contributed by atoms with Gasteiger partial charge in [-0.1, -0.05) is 23.5 Å². The Hall–Kier alpha value is -2.08. The summed E-state index contributed by atoms with van der Waals surface area (Å²) < 4.78 is 7.18. The van der Waals surface area contributed by atoms with E-state index in [9.17, 15) is 9.59 Å². The molecule has 6 heteroatoms. The zero-order valence-corrected chi connectivity index (χ0v) is 13.6. The molecule has 0 bridgehead atoms. The Morgan fingerprint density at radius 2 is 2.18 bits per heavy atom. The van der Waals surface area contributed by atoms with E-state index in [-0.39, 0.29) is 10.8 Å². The summed E-state index contributed by atoms with van der Waals surface area (Å²) in [6.07, 6.45) is 0.294. The third kappa shape index (κ3) is 4.73. The molecule has 0 saturated heterocycles. The molecule has 1 N–H and O–H groups in total. The Balaban J connectivity index is 1.67. The fraction of sp³-hybridized carbons (Fsp3) is 0.375. The van der Waals surface area contributed by atoms with E-state index in [1.165, 1.54) is 0 Å². The largest absolute Gasteiger partial charge is 0.492 e. The van der Waals surface area contributed by atoms with Crippen LogP contribution in [0, 0.1) is 13.8 Å². The average Bonchev–Trinajstić information content (AvgIpc) is 2.80. The lowest BCUT2D eigenvalue weighted by Crippen LogP contribution is -2.29. The Labute approximate surface area is 133 Å². The van der Waals surface area contributed by atoms with Crippen LogP contribution in [0.1, 0.15) is 17.7 Å². The summed E-state index contributed by atoms with van der Waals surface area (Å²) in [6.45, 7) is 5.16. The normalized spacial score (nSPS) is 10.5. The number of hydrogen-bond donors (Lipinski definition) is 1. The van der Waals surface area contributed by atoms with E-state index in [1.807, 2.05) is 38.1 Å². The van der Waals surface area contributed by atoms with Gasteiger partial charge in [-0.05, 0) is 31.5 Å². The first-order chi connectivity index (χ1) is 10.6. The van der Waals surface area contributed by atoms with E-state index in [2.05, 4.69) is 5.32 Å². The summed E-state index contributed by atoms with van der Waals surface area (Å²) in [6, 6.07) is 7.78. The number of nitrogens with one attached hydrogen (secondary N) is 1. The number of rotatable bonds is 7. The van der Waals surface area contributed by atoms with E-state index >= 15 is 0 Å². The first-order valence-electron chi connectivity index (χ1n) is 7.17. The van der Waals surface area contributed by atoms with Gasteiger partial charge in [0.1, 0.15) is 12.4 Å². The van der Waals surface area contributed by atoms with Crippen LogP contribution in [-0.4, -0.2) is 23.6 Å². The predicted octanol–water partition coefficient (Wildman–Crippen LogP) is 2.11. The molecule has 0 unspecified atom stereocenters. The van der Waals surface area contributed by atoms with Crippen molar-refractivity contribution in [3.63, 3.8) is 0 Å². The summed E-state index contributed by atoms with van der Waals surface area (Å²) in [5.74, 6) is 0.722. The molecule has 1 heterocycles. The SMILES string of the molecule is Cc1cccc(OCCNC(=O)CCn2c(C)csc2=O)c1. The number of amides is 1. The van der Waals surface area contributed by atoms with E-state index < -0.39 is 0 Å². The third-order valence-corrected chi connectivity index (χ3v) is 4.10. The van der Waals surface area contributed by atoms with E-state index in [4.69, 9.17) is 4.74 Å². The highest BCUT2D eigenvalue weighted by Crippen LogP contribution is 2.11. The standard InChI is InChI=1S/C16H20N2O3S/c1-12-4-3-5-14(10-12)21-9-7-17-15(19)6-8-18-13(2)11-22-16(18)20/h3-5,10-11H,6-9H2,1-2H3,(H,17,19). The second-order valence-corrected chi connectivity index (χ2v) is 5.88. The minimum Gasteiger partial charge on any atom is -0.492 e. The molecule has 0 aliphatic heterocycles. The number of hydrogen-bond acceptors (Lipinski definition) is 4. The van der Waals surface area contributed by atoms with Crippen molar-refractivity contribution in [2.45, 2.75) is 26.8 Å². The minimum absolute atomic E-state index is 0.0203. The summed E-state index contributed by atoms with van der Waals surface area (Å²) in [7, 11) is 0. The van der Waals surface area contributed by atoms with Gasteiger partial charge in [0, 0.05) is 24.0 Å². The summed E-state index contributed by atoms with van der Waals surface area (Å²) >= 11 is 1.16. The highest BCUT2D eigenvalue weighted by atomic mass is 32.1. The molecule has 0 atom stereocenters. The van der Waals surface area contributed by atoms with Crippen molar-refractivity contribution in [2.75, 3.05) is 13.2 Å². The zero-order valence-electron chi connectivity index (χ0n) is 12.8. The lowest BCUT2D eigenvalue weighted by Gasteiger charge is -2.09. The Kier molecular flexibility index (Phi) is 5.77. The molecule has 118 valence electrons. The monoisotopic (exact) mass is 320 g/mol. The lowest BCUT2D eigenvalue weighted by molar-refractivity contribution is -0.121. The van der Waals surface area contributed by atoms with Crippen LogP contribution in [0.4, 0.5) is 0 Å². The van der Waals surface area contributed by atoms with Gasteiger partial charge in [0.25, 0.3) is 0 Å². The van der Waals surface area contributed by atoms with Gasteiger partial charge in [0.05, 0.1) is 6.54 Å². The van der Waals surface area contributed by atoms with Crippen LogP contribution in [0.25, 0.3) is 0 Å². The molecule has 2 aromatic rings. The van der Waals surface area contributed by atoms with Crippen LogP contribution in [0.15, 0.2) is 34.4 Å². The molecule has 5 nitrogen and oxygen atoms in total. The van der Waals surface area contributed by atoms with Crippen molar-refractivity contribution in [3.8, 4) is 5.75 Å². The first kappa shape index (κ1) is 16.3. The number of benzene rings is 1. The van der Waals surface area contributed by atoms with Crippen molar-refractivity contribution in [1.82, 2.24) is 9.88 Å². The molecule has 0 aliphatic rings. The smallest absolute Gasteiger partial charge is 0.307 e. The summed E-state index contributed by atoms with van der Waals surface area (Å²) in [5.41, 5.74) is 2.03. The fourth-order valence-corrected chi connectivity index (χ4v) is 2.80. The van der Waals surface area contributed by atoms with Gasteiger partial charge >= 0.3 is 4.87 Å². The van der Waals surface area contributed by atoms with Crippen LogP contribution in [0.2, 0.25) is 0 Å².